The van der Waals surface area contributed by atoms with Crippen LogP contribution in [0.4, 0.5) is 0 Å². The lowest BCUT2D eigenvalue weighted by Crippen LogP contribution is -2.36. The van der Waals surface area contributed by atoms with E-state index in [4.69, 9.17) is 15.5 Å². The lowest BCUT2D eigenvalue weighted by molar-refractivity contribution is 0.0476. The third-order valence-corrected chi connectivity index (χ3v) is 4.17. The molecule has 1 nitrogen and oxygen atoms in total. The van der Waals surface area contributed by atoms with Crippen LogP contribution in [0.15, 0.2) is 0 Å². The Morgan fingerprint density at radius 2 is 2.00 bits per heavy atom. The Morgan fingerprint density at radius 3 is 2.50 bits per heavy atom. The summed E-state index contributed by atoms with van der Waals surface area (Å²) in [6.45, 7) is 8.94. The molecule has 0 heterocycles. The van der Waals surface area contributed by atoms with Crippen LogP contribution in [0.3, 0.4) is 0 Å². The van der Waals surface area contributed by atoms with Crippen LogP contribution in [0, 0.1) is 17.8 Å². The number of rotatable bonds is 3. The van der Waals surface area contributed by atoms with Crippen molar-refractivity contribution in [3.8, 4) is 0 Å². The van der Waals surface area contributed by atoms with E-state index in [9.17, 15) is 0 Å². The normalized spacial score (nSPS) is 34.1. The molecule has 1 radical (unpaired) electrons. The highest BCUT2D eigenvalue weighted by molar-refractivity contribution is 7.02. The third kappa shape index (κ3) is 3.56. The van der Waals surface area contributed by atoms with Gasteiger partial charge in [0, 0.05) is 6.10 Å². The minimum atomic E-state index is -1.05. The van der Waals surface area contributed by atoms with Gasteiger partial charge in [-0.25, -0.2) is 0 Å². The third-order valence-electron chi connectivity index (χ3n) is 3.28. The Kier molecular flexibility index (Phi) is 4.95. The van der Waals surface area contributed by atoms with Gasteiger partial charge in [0.15, 0.2) is 0 Å². The summed E-state index contributed by atoms with van der Waals surface area (Å²) in [6.07, 6.45) is 4.30. The molecule has 0 aromatic heterocycles. The van der Waals surface area contributed by atoms with Crippen molar-refractivity contribution in [2.24, 2.45) is 17.8 Å². The fourth-order valence-electron chi connectivity index (χ4n) is 2.46. The summed E-state index contributed by atoms with van der Waals surface area (Å²) < 4.78 is 5.90. The first-order valence-corrected chi connectivity index (χ1v) is 8.58. The van der Waals surface area contributed by atoms with Gasteiger partial charge < -0.3 is 4.43 Å². The molecule has 1 saturated carbocycles. The molecule has 0 amide bonds. The topological polar surface area (TPSA) is 9.23 Å². The van der Waals surface area contributed by atoms with Crippen LogP contribution in [0.25, 0.3) is 0 Å². The second kappa shape index (κ2) is 5.52. The largest absolute Gasteiger partial charge is 0.400 e. The minimum Gasteiger partial charge on any atom is -0.400 e. The molecule has 0 aliphatic heterocycles. The fourth-order valence-corrected chi connectivity index (χ4v) is 3.49. The van der Waals surface area contributed by atoms with Gasteiger partial charge in [0.2, 0.25) is 0 Å². The quantitative estimate of drug-likeness (QED) is 0.532. The first kappa shape index (κ1) is 12.5. The average Bonchev–Trinajstić information content (AvgIpc) is 2.01. The van der Waals surface area contributed by atoms with E-state index in [2.05, 4.69) is 20.8 Å². The summed E-state index contributed by atoms with van der Waals surface area (Å²) in [5, 5.41) is 0. The Labute approximate surface area is 94.6 Å². The van der Waals surface area contributed by atoms with Crippen LogP contribution >= 0.6 is 11.1 Å². The van der Waals surface area contributed by atoms with E-state index in [1.807, 2.05) is 6.55 Å². The Morgan fingerprint density at radius 1 is 1.36 bits per heavy atom. The van der Waals surface area contributed by atoms with Gasteiger partial charge in [-0.15, -0.1) is 11.1 Å². The Bertz CT molecular complexity index is 171. The van der Waals surface area contributed by atoms with Crippen LogP contribution in [-0.4, -0.2) is 14.5 Å². The van der Waals surface area contributed by atoms with Crippen LogP contribution in [0.1, 0.15) is 40.0 Å². The van der Waals surface area contributed by atoms with Crippen molar-refractivity contribution in [1.29, 1.82) is 0 Å². The van der Waals surface area contributed by atoms with Crippen molar-refractivity contribution in [3.05, 3.63) is 0 Å². The molecule has 3 heteroatoms. The van der Waals surface area contributed by atoms with Gasteiger partial charge in [0.05, 0.1) is 0 Å². The lowest BCUT2D eigenvalue weighted by Gasteiger charge is -2.37. The zero-order valence-corrected chi connectivity index (χ0v) is 11.5. The molecular weight excluding hydrogens is 212 g/mol. The highest BCUT2D eigenvalue weighted by Crippen LogP contribution is 2.35. The van der Waals surface area contributed by atoms with Crippen LogP contribution in [0.5, 0.6) is 0 Å². The molecule has 1 rings (SSSR count). The van der Waals surface area contributed by atoms with Gasteiger partial charge in [0.25, 0.3) is 0 Å². The van der Waals surface area contributed by atoms with E-state index < -0.39 is 8.35 Å². The van der Waals surface area contributed by atoms with Crippen molar-refractivity contribution < 1.29 is 4.43 Å². The molecule has 0 bridgehead atoms. The van der Waals surface area contributed by atoms with E-state index in [1.54, 1.807) is 0 Å². The molecule has 0 spiro atoms. The number of hydrogen-bond donors (Lipinski definition) is 0. The molecule has 0 aromatic rings. The summed E-state index contributed by atoms with van der Waals surface area (Å²) in [4.78, 5) is 0. The first-order valence-electron chi connectivity index (χ1n) is 5.66. The summed E-state index contributed by atoms with van der Waals surface area (Å²) in [6, 6.07) is 0. The molecule has 3 unspecified atom stereocenters. The lowest BCUT2D eigenvalue weighted by atomic mass is 9.75. The second-order valence-electron chi connectivity index (χ2n) is 4.95. The molecule has 0 N–H and O–H groups in total. The van der Waals surface area contributed by atoms with Crippen molar-refractivity contribution in [3.63, 3.8) is 0 Å². The molecule has 1 aliphatic rings. The zero-order chi connectivity index (χ0) is 10.7. The van der Waals surface area contributed by atoms with Crippen molar-refractivity contribution >= 4 is 19.4 Å². The molecule has 14 heavy (non-hydrogen) atoms. The highest BCUT2D eigenvalue weighted by Gasteiger charge is 2.32. The number of halogens is 1. The number of hydrogen-bond acceptors (Lipinski definition) is 1. The molecule has 0 saturated heterocycles. The SMILES string of the molecule is CC1CCC(C(C)C)C(O[Si](C)Cl)C1. The van der Waals surface area contributed by atoms with E-state index in [0.717, 1.165) is 17.8 Å². The summed E-state index contributed by atoms with van der Waals surface area (Å²) in [7, 11) is -1.05. The Hall–Kier alpha value is 0.467. The molecule has 3 atom stereocenters. The van der Waals surface area contributed by atoms with Gasteiger partial charge in [-0.1, -0.05) is 27.2 Å². The van der Waals surface area contributed by atoms with E-state index in [-0.39, 0.29) is 0 Å². The van der Waals surface area contributed by atoms with E-state index in [1.165, 1.54) is 19.3 Å². The summed E-state index contributed by atoms with van der Waals surface area (Å²) >= 11 is 6.01. The van der Waals surface area contributed by atoms with Gasteiger partial charge in [-0.2, -0.15) is 0 Å². The van der Waals surface area contributed by atoms with Crippen molar-refractivity contribution in [2.45, 2.75) is 52.7 Å². The summed E-state index contributed by atoms with van der Waals surface area (Å²) in [5.41, 5.74) is 0. The molecule has 1 fully saturated rings. The predicted octanol–water partition coefficient (Wildman–Crippen LogP) is 3.82. The van der Waals surface area contributed by atoms with Gasteiger partial charge in [-0.05, 0) is 37.1 Å². The van der Waals surface area contributed by atoms with Crippen LogP contribution in [-0.2, 0) is 4.43 Å². The molecule has 1 aliphatic carbocycles. The van der Waals surface area contributed by atoms with Gasteiger partial charge in [0.1, 0.15) is 0 Å². The maximum Gasteiger partial charge on any atom is 0.319 e. The molecule has 0 aromatic carbocycles. The zero-order valence-electron chi connectivity index (χ0n) is 9.72. The Balaban J connectivity index is 2.54. The first-order chi connectivity index (χ1) is 6.50. The predicted molar refractivity (Wildman–Crippen MR) is 63.7 cm³/mol. The summed E-state index contributed by atoms with van der Waals surface area (Å²) in [5.74, 6) is 2.27. The van der Waals surface area contributed by atoms with E-state index in [0.29, 0.717) is 6.10 Å². The van der Waals surface area contributed by atoms with Gasteiger partial charge >= 0.3 is 8.35 Å². The smallest absolute Gasteiger partial charge is 0.319 e. The van der Waals surface area contributed by atoms with Crippen LogP contribution in [0.2, 0.25) is 6.55 Å². The second-order valence-corrected chi connectivity index (χ2v) is 7.73. The van der Waals surface area contributed by atoms with Gasteiger partial charge in [-0.3, -0.25) is 0 Å². The standard InChI is InChI=1S/C11H22ClOSi/c1-8(2)10-6-5-9(3)7-11(10)13-14(4)12/h8-11H,5-7H2,1-4H3. The fraction of sp³-hybridized carbons (Fsp3) is 1.00. The van der Waals surface area contributed by atoms with Crippen molar-refractivity contribution in [2.75, 3.05) is 0 Å². The maximum absolute atomic E-state index is 6.01. The van der Waals surface area contributed by atoms with Crippen LogP contribution < -0.4 is 0 Å². The van der Waals surface area contributed by atoms with E-state index >= 15 is 0 Å². The monoisotopic (exact) mass is 233 g/mol. The molecular formula is C11H22ClOSi. The highest BCUT2D eigenvalue weighted by atomic mass is 35.6. The molecule has 83 valence electrons. The average molecular weight is 234 g/mol. The minimum absolute atomic E-state index is 0.426. The maximum atomic E-state index is 6.01. The van der Waals surface area contributed by atoms with Crippen molar-refractivity contribution in [1.82, 2.24) is 0 Å².